The van der Waals surface area contributed by atoms with E-state index in [1.165, 1.54) is 0 Å². The lowest BCUT2D eigenvalue weighted by atomic mass is 10.2. The minimum absolute atomic E-state index is 0.165. The summed E-state index contributed by atoms with van der Waals surface area (Å²) in [6.07, 6.45) is 5.30. The van der Waals surface area contributed by atoms with Gasteiger partial charge in [0.25, 0.3) is 5.91 Å². The largest absolute Gasteiger partial charge is 0.482 e. The topological polar surface area (TPSA) is 38.3 Å². The van der Waals surface area contributed by atoms with Crippen molar-refractivity contribution in [3.8, 4) is 18.1 Å². The number of carbonyl (C=O) groups excluding carboxylic acids is 1. The molecule has 0 bridgehead atoms. The highest BCUT2D eigenvalue weighted by Gasteiger charge is 2.07. The van der Waals surface area contributed by atoms with Crippen LogP contribution in [-0.4, -0.2) is 12.5 Å². The number of anilines is 1. The minimum atomic E-state index is -0.310. The van der Waals surface area contributed by atoms with Gasteiger partial charge in [-0.15, -0.1) is 6.42 Å². The molecule has 0 heterocycles. The monoisotopic (exact) mass is 319 g/mol. The lowest BCUT2D eigenvalue weighted by molar-refractivity contribution is -0.118. The highest BCUT2D eigenvalue weighted by Crippen LogP contribution is 2.27. The molecule has 0 fully saturated rings. The second kappa shape index (κ2) is 7.03. The standard InChI is InChI=1S/C16H11Cl2NO2/c1-2-11-4-3-5-13(8-11)19-16(20)10-21-15-7-6-12(17)9-14(15)18/h1,3-9H,10H2,(H,19,20). The highest BCUT2D eigenvalue weighted by molar-refractivity contribution is 6.35. The number of amides is 1. The van der Waals surface area contributed by atoms with Crippen LogP contribution < -0.4 is 10.1 Å². The molecular weight excluding hydrogens is 309 g/mol. The molecule has 0 aromatic heterocycles. The average Bonchev–Trinajstić information content (AvgIpc) is 2.46. The van der Waals surface area contributed by atoms with Gasteiger partial charge < -0.3 is 10.1 Å². The van der Waals surface area contributed by atoms with Crippen molar-refractivity contribution in [3.63, 3.8) is 0 Å². The molecule has 2 aromatic rings. The first-order valence-corrected chi connectivity index (χ1v) is 6.78. The van der Waals surface area contributed by atoms with Crippen LogP contribution in [-0.2, 0) is 4.79 Å². The van der Waals surface area contributed by atoms with Gasteiger partial charge in [0.1, 0.15) is 5.75 Å². The first-order valence-electron chi connectivity index (χ1n) is 6.03. The molecule has 0 radical (unpaired) electrons. The quantitative estimate of drug-likeness (QED) is 0.865. The summed E-state index contributed by atoms with van der Waals surface area (Å²) < 4.78 is 5.34. The van der Waals surface area contributed by atoms with Gasteiger partial charge in [0.05, 0.1) is 5.02 Å². The fourth-order valence-corrected chi connectivity index (χ4v) is 2.08. The van der Waals surface area contributed by atoms with Crippen LogP contribution in [0.5, 0.6) is 5.75 Å². The van der Waals surface area contributed by atoms with E-state index >= 15 is 0 Å². The molecule has 2 aromatic carbocycles. The van der Waals surface area contributed by atoms with Gasteiger partial charge in [0.2, 0.25) is 0 Å². The Bertz CT molecular complexity index is 708. The van der Waals surface area contributed by atoms with E-state index in [-0.39, 0.29) is 12.5 Å². The van der Waals surface area contributed by atoms with Gasteiger partial charge in [-0.3, -0.25) is 4.79 Å². The van der Waals surface area contributed by atoms with Gasteiger partial charge in [0, 0.05) is 16.3 Å². The van der Waals surface area contributed by atoms with E-state index in [4.69, 9.17) is 34.4 Å². The highest BCUT2D eigenvalue weighted by atomic mass is 35.5. The van der Waals surface area contributed by atoms with Crippen molar-refractivity contribution < 1.29 is 9.53 Å². The first-order chi connectivity index (χ1) is 10.1. The van der Waals surface area contributed by atoms with Gasteiger partial charge >= 0.3 is 0 Å². The maximum absolute atomic E-state index is 11.8. The van der Waals surface area contributed by atoms with Crippen molar-refractivity contribution in [1.29, 1.82) is 0 Å². The average molecular weight is 320 g/mol. The normalized spacial score (nSPS) is 9.76. The van der Waals surface area contributed by atoms with Crippen molar-refractivity contribution in [2.75, 3.05) is 11.9 Å². The summed E-state index contributed by atoms with van der Waals surface area (Å²) in [6, 6.07) is 11.8. The number of terminal acetylenes is 1. The van der Waals surface area contributed by atoms with E-state index in [1.54, 1.807) is 42.5 Å². The number of halogens is 2. The van der Waals surface area contributed by atoms with Crippen molar-refractivity contribution in [3.05, 3.63) is 58.1 Å². The molecule has 21 heavy (non-hydrogen) atoms. The molecule has 106 valence electrons. The van der Waals surface area contributed by atoms with Crippen LogP contribution in [0.3, 0.4) is 0 Å². The smallest absolute Gasteiger partial charge is 0.262 e. The molecule has 0 aliphatic heterocycles. The molecule has 0 atom stereocenters. The Balaban J connectivity index is 1.94. The zero-order valence-corrected chi connectivity index (χ0v) is 12.4. The molecular formula is C16H11Cl2NO2. The van der Waals surface area contributed by atoms with Crippen molar-refractivity contribution >= 4 is 34.8 Å². The Morgan fingerprint density at radius 1 is 1.24 bits per heavy atom. The van der Waals surface area contributed by atoms with Crippen LogP contribution in [0.25, 0.3) is 0 Å². The van der Waals surface area contributed by atoms with Crippen molar-refractivity contribution in [1.82, 2.24) is 0 Å². The van der Waals surface area contributed by atoms with E-state index in [0.717, 1.165) is 0 Å². The van der Waals surface area contributed by atoms with E-state index in [2.05, 4.69) is 11.2 Å². The van der Waals surface area contributed by atoms with Gasteiger partial charge in [-0.2, -0.15) is 0 Å². The first kappa shape index (κ1) is 15.2. The lowest BCUT2D eigenvalue weighted by Gasteiger charge is -2.09. The molecule has 0 unspecified atom stereocenters. The Morgan fingerprint density at radius 2 is 2.05 bits per heavy atom. The predicted octanol–water partition coefficient (Wildman–Crippen LogP) is 3.99. The second-order valence-corrected chi connectivity index (χ2v) is 4.98. The Morgan fingerprint density at radius 3 is 2.76 bits per heavy atom. The number of rotatable bonds is 4. The second-order valence-electron chi connectivity index (χ2n) is 4.14. The van der Waals surface area contributed by atoms with Crippen molar-refractivity contribution in [2.45, 2.75) is 0 Å². The van der Waals surface area contributed by atoms with Crippen LogP contribution in [0, 0.1) is 12.3 Å². The summed E-state index contributed by atoms with van der Waals surface area (Å²) in [5.74, 6) is 2.59. The fourth-order valence-electron chi connectivity index (χ4n) is 1.62. The third-order valence-electron chi connectivity index (χ3n) is 2.57. The van der Waals surface area contributed by atoms with Crippen LogP contribution >= 0.6 is 23.2 Å². The molecule has 1 amide bonds. The maximum Gasteiger partial charge on any atom is 0.262 e. The Kier molecular flexibility index (Phi) is 5.10. The summed E-state index contributed by atoms with van der Waals surface area (Å²) in [5, 5.41) is 3.54. The summed E-state index contributed by atoms with van der Waals surface area (Å²) in [4.78, 5) is 11.8. The van der Waals surface area contributed by atoms with Crippen LogP contribution in [0.2, 0.25) is 10.0 Å². The number of nitrogens with one attached hydrogen (secondary N) is 1. The summed E-state index contributed by atoms with van der Waals surface area (Å²) in [7, 11) is 0. The zero-order valence-electron chi connectivity index (χ0n) is 10.9. The Labute approximate surface area is 132 Å². The van der Waals surface area contributed by atoms with E-state index < -0.39 is 0 Å². The molecule has 0 aliphatic rings. The number of benzene rings is 2. The number of hydrogen-bond donors (Lipinski definition) is 1. The zero-order chi connectivity index (χ0) is 15.2. The molecule has 2 rings (SSSR count). The number of hydrogen-bond acceptors (Lipinski definition) is 2. The molecule has 0 aliphatic carbocycles. The van der Waals surface area contributed by atoms with Crippen LogP contribution in [0.15, 0.2) is 42.5 Å². The molecule has 0 spiro atoms. The number of ether oxygens (including phenoxy) is 1. The van der Waals surface area contributed by atoms with Gasteiger partial charge in [0.15, 0.2) is 6.61 Å². The fraction of sp³-hybridized carbons (Fsp3) is 0.0625. The van der Waals surface area contributed by atoms with Gasteiger partial charge in [-0.1, -0.05) is 35.2 Å². The predicted molar refractivity (Wildman–Crippen MR) is 85.0 cm³/mol. The van der Waals surface area contributed by atoms with Gasteiger partial charge in [-0.05, 0) is 36.4 Å². The van der Waals surface area contributed by atoms with Crippen LogP contribution in [0.1, 0.15) is 5.56 Å². The third-order valence-corrected chi connectivity index (χ3v) is 3.10. The SMILES string of the molecule is C#Cc1cccc(NC(=O)COc2ccc(Cl)cc2Cl)c1. The van der Waals surface area contributed by atoms with E-state index in [0.29, 0.717) is 27.0 Å². The van der Waals surface area contributed by atoms with E-state index in [1.807, 2.05) is 0 Å². The Hall–Kier alpha value is -2.15. The summed E-state index contributed by atoms with van der Waals surface area (Å²) in [6.45, 7) is -0.165. The van der Waals surface area contributed by atoms with E-state index in [9.17, 15) is 4.79 Å². The molecule has 0 saturated carbocycles. The number of carbonyl (C=O) groups is 1. The molecule has 5 heteroatoms. The summed E-state index contributed by atoms with van der Waals surface area (Å²) in [5.41, 5.74) is 1.30. The molecule has 1 N–H and O–H groups in total. The van der Waals surface area contributed by atoms with Gasteiger partial charge in [-0.25, -0.2) is 0 Å². The summed E-state index contributed by atoms with van der Waals surface area (Å²) >= 11 is 11.7. The van der Waals surface area contributed by atoms with Crippen LogP contribution in [0.4, 0.5) is 5.69 Å². The van der Waals surface area contributed by atoms with Crippen molar-refractivity contribution in [2.24, 2.45) is 0 Å². The lowest BCUT2D eigenvalue weighted by Crippen LogP contribution is -2.20. The molecule has 3 nitrogen and oxygen atoms in total. The molecule has 0 saturated heterocycles. The maximum atomic E-state index is 11.8. The minimum Gasteiger partial charge on any atom is -0.482 e. The third kappa shape index (κ3) is 4.42.